The molecule has 0 radical (unpaired) electrons. The van der Waals surface area contributed by atoms with E-state index in [0.29, 0.717) is 45.0 Å². The van der Waals surface area contributed by atoms with Crippen molar-refractivity contribution >= 4 is 11.6 Å². The average molecular weight is 445 g/mol. The highest BCUT2D eigenvalue weighted by Crippen LogP contribution is 2.08. The number of carbonyl (C=O) groups is 2. The highest BCUT2D eigenvalue weighted by atomic mass is 16.5. The van der Waals surface area contributed by atoms with Gasteiger partial charge in [-0.2, -0.15) is 0 Å². The molecular weight excluding hydrogens is 408 g/mol. The van der Waals surface area contributed by atoms with Gasteiger partial charge in [0.1, 0.15) is 0 Å². The van der Waals surface area contributed by atoms with Crippen LogP contribution in [0.3, 0.4) is 0 Å². The summed E-state index contributed by atoms with van der Waals surface area (Å²) in [4.78, 5) is 22.3. The average Bonchev–Trinajstić information content (AvgIpc) is 2.79. The second kappa shape index (κ2) is 17.2. The molecule has 0 aromatic heterocycles. The molecule has 0 aliphatic heterocycles. The van der Waals surface area contributed by atoms with E-state index in [9.17, 15) is 9.59 Å². The van der Waals surface area contributed by atoms with Gasteiger partial charge in [0.2, 0.25) is 0 Å². The van der Waals surface area contributed by atoms with Crippen LogP contribution in [-0.4, -0.2) is 49.7 Å². The summed E-state index contributed by atoms with van der Waals surface area (Å²) in [5.41, 5.74) is 3.50. The summed E-state index contributed by atoms with van der Waals surface area (Å²) in [6.07, 6.45) is 1.67. The molecule has 176 valence electrons. The molecule has 32 heavy (non-hydrogen) atoms. The van der Waals surface area contributed by atoms with E-state index in [1.54, 1.807) is 19.9 Å². The van der Waals surface area contributed by atoms with Crippen LogP contribution in [0.1, 0.15) is 65.5 Å². The van der Waals surface area contributed by atoms with Crippen molar-refractivity contribution in [2.75, 3.05) is 33.0 Å². The first kappa shape index (κ1) is 27.7. The Morgan fingerprint density at radius 3 is 1.72 bits per heavy atom. The standard InChI is InChI=1S/C14H20O4.C12H16O2/c1-12(16)14-5-2-4-13(10-14)11-18-9-8-17-7-3-6-15;1-3-7-14-9-11-5-4-6-12(8-11)10(2)13/h2,4-5,10,15H,3,6-9,11H2,1H3;4-6,8H,3,7,9H2,1-2H3. The van der Waals surface area contributed by atoms with E-state index in [1.807, 2.05) is 42.5 Å². The Hall–Kier alpha value is -2.38. The minimum atomic E-state index is 0.0594. The first-order valence-electron chi connectivity index (χ1n) is 11.0. The fourth-order valence-electron chi connectivity index (χ4n) is 2.67. The number of hydrogen-bond donors (Lipinski definition) is 1. The van der Waals surface area contributed by atoms with Crippen molar-refractivity contribution in [3.63, 3.8) is 0 Å². The van der Waals surface area contributed by atoms with Crippen molar-refractivity contribution in [2.24, 2.45) is 0 Å². The molecule has 0 fully saturated rings. The number of carbonyl (C=O) groups excluding carboxylic acids is 2. The Kier molecular flexibility index (Phi) is 14.9. The maximum atomic E-state index is 11.2. The molecule has 2 aromatic carbocycles. The zero-order valence-electron chi connectivity index (χ0n) is 19.5. The van der Waals surface area contributed by atoms with Gasteiger partial charge in [-0.1, -0.05) is 43.3 Å². The van der Waals surface area contributed by atoms with Crippen LogP contribution in [0, 0.1) is 0 Å². The van der Waals surface area contributed by atoms with E-state index in [-0.39, 0.29) is 18.2 Å². The second-order valence-corrected chi connectivity index (χ2v) is 7.31. The van der Waals surface area contributed by atoms with Crippen LogP contribution in [0.5, 0.6) is 0 Å². The van der Waals surface area contributed by atoms with Crippen molar-refractivity contribution < 1.29 is 28.9 Å². The Balaban J connectivity index is 0.000000330. The van der Waals surface area contributed by atoms with Crippen LogP contribution >= 0.6 is 0 Å². The Morgan fingerprint density at radius 2 is 1.25 bits per heavy atom. The van der Waals surface area contributed by atoms with Crippen LogP contribution in [0.25, 0.3) is 0 Å². The molecule has 0 aliphatic rings. The lowest BCUT2D eigenvalue weighted by atomic mass is 10.1. The van der Waals surface area contributed by atoms with Crippen molar-refractivity contribution in [3.05, 3.63) is 70.8 Å². The molecule has 0 atom stereocenters. The van der Waals surface area contributed by atoms with Crippen molar-refractivity contribution in [3.8, 4) is 0 Å². The van der Waals surface area contributed by atoms with Gasteiger partial charge in [0.05, 0.1) is 26.4 Å². The van der Waals surface area contributed by atoms with Gasteiger partial charge in [-0.05, 0) is 49.9 Å². The fraction of sp³-hybridized carbons (Fsp3) is 0.462. The van der Waals surface area contributed by atoms with Gasteiger partial charge in [0.25, 0.3) is 0 Å². The number of benzene rings is 2. The first-order chi connectivity index (χ1) is 15.5. The number of ether oxygens (including phenoxy) is 3. The predicted octanol–water partition coefficient (Wildman–Crippen LogP) is 4.62. The number of hydrogen-bond acceptors (Lipinski definition) is 6. The molecule has 0 saturated carbocycles. The summed E-state index contributed by atoms with van der Waals surface area (Å²) in [5, 5.41) is 8.55. The van der Waals surface area contributed by atoms with Gasteiger partial charge in [-0.3, -0.25) is 9.59 Å². The molecule has 6 nitrogen and oxygen atoms in total. The second-order valence-electron chi connectivity index (χ2n) is 7.31. The molecule has 2 aromatic rings. The minimum Gasteiger partial charge on any atom is -0.396 e. The van der Waals surface area contributed by atoms with Crippen LogP contribution in [-0.2, 0) is 27.4 Å². The van der Waals surface area contributed by atoms with Gasteiger partial charge < -0.3 is 19.3 Å². The van der Waals surface area contributed by atoms with Gasteiger partial charge in [0.15, 0.2) is 11.6 Å². The molecule has 1 N–H and O–H groups in total. The van der Waals surface area contributed by atoms with Crippen LogP contribution in [0.15, 0.2) is 48.5 Å². The number of Topliss-reactive ketones (excluding diaryl/α,β-unsaturated/α-hetero) is 2. The maximum Gasteiger partial charge on any atom is 0.159 e. The van der Waals surface area contributed by atoms with E-state index in [2.05, 4.69) is 6.92 Å². The lowest BCUT2D eigenvalue weighted by Gasteiger charge is -2.06. The summed E-state index contributed by atoms with van der Waals surface area (Å²) < 4.78 is 16.1. The molecule has 0 unspecified atom stereocenters. The predicted molar refractivity (Wildman–Crippen MR) is 125 cm³/mol. The number of aliphatic hydroxyl groups excluding tert-OH is 1. The summed E-state index contributed by atoms with van der Waals surface area (Å²) in [5.74, 6) is 0.159. The van der Waals surface area contributed by atoms with Crippen LogP contribution in [0.2, 0.25) is 0 Å². The Morgan fingerprint density at radius 1 is 0.750 bits per heavy atom. The lowest BCUT2D eigenvalue weighted by Crippen LogP contribution is -2.06. The van der Waals surface area contributed by atoms with Crippen LogP contribution < -0.4 is 0 Å². The lowest BCUT2D eigenvalue weighted by molar-refractivity contribution is 0.0360. The molecule has 0 bridgehead atoms. The van der Waals surface area contributed by atoms with Crippen molar-refractivity contribution in [1.82, 2.24) is 0 Å². The van der Waals surface area contributed by atoms with Gasteiger partial charge >= 0.3 is 0 Å². The molecule has 0 heterocycles. The highest BCUT2D eigenvalue weighted by Gasteiger charge is 2.01. The molecular formula is C26H36O6. The molecule has 6 heteroatoms. The molecule has 0 saturated heterocycles. The zero-order chi connectivity index (χ0) is 23.6. The molecule has 0 amide bonds. The van der Waals surface area contributed by atoms with E-state index in [4.69, 9.17) is 19.3 Å². The van der Waals surface area contributed by atoms with E-state index in [1.165, 1.54) is 0 Å². The minimum absolute atomic E-state index is 0.0594. The normalized spacial score (nSPS) is 10.4. The SMILES string of the molecule is CC(=O)c1cccc(COCCOCCCO)c1.CCCOCc1cccc(C(C)=O)c1. The Labute approximate surface area is 191 Å². The van der Waals surface area contributed by atoms with Crippen molar-refractivity contribution in [2.45, 2.75) is 46.8 Å². The van der Waals surface area contributed by atoms with E-state index < -0.39 is 0 Å². The smallest absolute Gasteiger partial charge is 0.159 e. The zero-order valence-corrected chi connectivity index (χ0v) is 19.5. The third-order valence-electron chi connectivity index (χ3n) is 4.37. The summed E-state index contributed by atoms with van der Waals surface area (Å²) in [7, 11) is 0. The number of rotatable bonds is 14. The van der Waals surface area contributed by atoms with Crippen LogP contribution in [0.4, 0.5) is 0 Å². The number of aliphatic hydroxyl groups is 1. The fourth-order valence-corrected chi connectivity index (χ4v) is 2.67. The van der Waals surface area contributed by atoms with Crippen molar-refractivity contribution in [1.29, 1.82) is 0 Å². The monoisotopic (exact) mass is 444 g/mol. The topological polar surface area (TPSA) is 82.1 Å². The summed E-state index contributed by atoms with van der Waals surface area (Å²) in [6.45, 7) is 8.78. The van der Waals surface area contributed by atoms with Gasteiger partial charge in [-0.25, -0.2) is 0 Å². The largest absolute Gasteiger partial charge is 0.396 e. The maximum absolute atomic E-state index is 11.2. The molecule has 0 aliphatic carbocycles. The Bertz CT molecular complexity index is 802. The highest BCUT2D eigenvalue weighted by molar-refractivity contribution is 5.94. The quantitative estimate of drug-likeness (QED) is 0.338. The third-order valence-corrected chi connectivity index (χ3v) is 4.37. The van der Waals surface area contributed by atoms with Gasteiger partial charge in [-0.15, -0.1) is 0 Å². The third kappa shape index (κ3) is 12.5. The summed E-state index contributed by atoms with van der Waals surface area (Å²) >= 11 is 0. The van der Waals surface area contributed by atoms with E-state index >= 15 is 0 Å². The first-order valence-corrected chi connectivity index (χ1v) is 11.0. The molecule has 0 spiro atoms. The molecule has 2 rings (SSSR count). The summed E-state index contributed by atoms with van der Waals surface area (Å²) in [6, 6.07) is 15.0. The van der Waals surface area contributed by atoms with Gasteiger partial charge in [0, 0.05) is 30.9 Å². The van der Waals surface area contributed by atoms with E-state index in [0.717, 1.165) is 29.7 Å². The number of ketones is 2.